The molecule has 1 aliphatic rings. The molecule has 0 radical (unpaired) electrons. The number of aliphatic hydroxyl groups is 1. The van der Waals surface area contributed by atoms with Crippen LogP contribution < -0.4 is 5.32 Å². The summed E-state index contributed by atoms with van der Waals surface area (Å²) >= 11 is 1.47. The van der Waals surface area contributed by atoms with E-state index in [-0.39, 0.29) is 30.9 Å². The number of likely N-dealkylation sites (tertiary alicyclic amines) is 1. The Kier molecular flexibility index (Phi) is 4.93. The Morgan fingerprint density at radius 3 is 3.05 bits per heavy atom. The summed E-state index contributed by atoms with van der Waals surface area (Å²) in [5.41, 5.74) is 0.631. The van der Waals surface area contributed by atoms with E-state index in [1.807, 2.05) is 5.38 Å². The fourth-order valence-electron chi connectivity index (χ4n) is 2.28. The van der Waals surface area contributed by atoms with Gasteiger partial charge in [0.2, 0.25) is 5.91 Å². The van der Waals surface area contributed by atoms with Gasteiger partial charge in [-0.25, -0.2) is 0 Å². The van der Waals surface area contributed by atoms with Gasteiger partial charge >= 0.3 is 0 Å². The molecule has 0 aliphatic carbocycles. The molecule has 1 atom stereocenters. The summed E-state index contributed by atoms with van der Waals surface area (Å²) in [6.07, 6.45) is 2.09. The molecule has 5 nitrogen and oxygen atoms in total. The highest BCUT2D eigenvalue weighted by atomic mass is 32.1. The van der Waals surface area contributed by atoms with Gasteiger partial charge in [-0.2, -0.15) is 11.3 Å². The second-order valence-corrected chi connectivity index (χ2v) is 5.36. The molecule has 0 bridgehead atoms. The zero-order valence-corrected chi connectivity index (χ0v) is 11.5. The number of nitrogens with one attached hydrogen (secondary N) is 1. The van der Waals surface area contributed by atoms with E-state index in [1.54, 1.807) is 16.3 Å². The summed E-state index contributed by atoms with van der Waals surface area (Å²) in [6.45, 7) is 1.07. The molecule has 104 valence electrons. The molecule has 0 saturated carbocycles. The first-order chi connectivity index (χ1) is 9.22. The number of amides is 2. The summed E-state index contributed by atoms with van der Waals surface area (Å²) in [7, 11) is 0. The Balaban J connectivity index is 1.73. The van der Waals surface area contributed by atoms with Gasteiger partial charge in [-0.3, -0.25) is 9.59 Å². The second-order valence-electron chi connectivity index (χ2n) is 4.58. The number of thiophene rings is 1. The maximum atomic E-state index is 11.9. The number of carbonyl (C=O) groups excluding carboxylic acids is 2. The summed E-state index contributed by atoms with van der Waals surface area (Å²) in [6, 6.07) is 1.71. The van der Waals surface area contributed by atoms with Crippen molar-refractivity contribution in [2.45, 2.75) is 25.3 Å². The average Bonchev–Trinajstić information content (AvgIpc) is 3.09. The third-order valence-electron chi connectivity index (χ3n) is 3.32. The molecule has 6 heteroatoms. The van der Waals surface area contributed by atoms with Gasteiger partial charge in [0.1, 0.15) is 0 Å². The van der Waals surface area contributed by atoms with Crippen molar-refractivity contribution >= 4 is 23.2 Å². The van der Waals surface area contributed by atoms with E-state index in [1.165, 1.54) is 11.3 Å². The summed E-state index contributed by atoms with van der Waals surface area (Å²) in [4.78, 5) is 25.3. The molecule has 0 unspecified atom stereocenters. The molecular weight excluding hydrogens is 264 g/mol. The molecule has 1 saturated heterocycles. The molecule has 19 heavy (non-hydrogen) atoms. The van der Waals surface area contributed by atoms with E-state index < -0.39 is 0 Å². The zero-order valence-electron chi connectivity index (χ0n) is 10.7. The quantitative estimate of drug-likeness (QED) is 0.841. The van der Waals surface area contributed by atoms with Gasteiger partial charge in [-0.05, 0) is 24.3 Å². The number of rotatable bonds is 5. The summed E-state index contributed by atoms with van der Waals surface area (Å²) < 4.78 is 0. The number of nitrogens with zero attached hydrogens (tertiary/aromatic N) is 1. The molecular formula is C13H18N2O3S. The topological polar surface area (TPSA) is 69.6 Å². The van der Waals surface area contributed by atoms with E-state index in [9.17, 15) is 9.59 Å². The van der Waals surface area contributed by atoms with Gasteiger partial charge in [-0.15, -0.1) is 0 Å². The highest BCUT2D eigenvalue weighted by molar-refractivity contribution is 7.08. The fourth-order valence-corrected chi connectivity index (χ4v) is 2.91. The monoisotopic (exact) mass is 282 g/mol. The van der Waals surface area contributed by atoms with E-state index in [0.29, 0.717) is 18.7 Å². The molecule has 1 aromatic rings. The first kappa shape index (κ1) is 14.0. The zero-order chi connectivity index (χ0) is 13.7. The van der Waals surface area contributed by atoms with Crippen LogP contribution in [0.4, 0.5) is 0 Å². The molecule has 0 aromatic carbocycles. The number of hydrogen-bond acceptors (Lipinski definition) is 4. The fraction of sp³-hybridized carbons (Fsp3) is 0.538. The molecule has 2 N–H and O–H groups in total. The van der Waals surface area contributed by atoms with Crippen LogP contribution in [0.3, 0.4) is 0 Å². The lowest BCUT2D eigenvalue weighted by Crippen LogP contribution is -2.39. The predicted octanol–water partition coefficient (Wildman–Crippen LogP) is 0.851. The van der Waals surface area contributed by atoms with Crippen molar-refractivity contribution in [2.75, 3.05) is 19.7 Å². The lowest BCUT2D eigenvalue weighted by atomic mass is 10.2. The smallest absolute Gasteiger partial charge is 0.252 e. The first-order valence-corrected chi connectivity index (χ1v) is 7.37. The second kappa shape index (κ2) is 6.68. The molecule has 1 aromatic heterocycles. The van der Waals surface area contributed by atoms with Crippen molar-refractivity contribution < 1.29 is 14.7 Å². The van der Waals surface area contributed by atoms with Crippen molar-refractivity contribution in [3.63, 3.8) is 0 Å². The Labute approximate surface area is 116 Å². The molecule has 0 spiro atoms. The minimum Gasteiger partial charge on any atom is -0.394 e. The highest BCUT2D eigenvalue weighted by Gasteiger charge is 2.27. The Morgan fingerprint density at radius 2 is 2.37 bits per heavy atom. The van der Waals surface area contributed by atoms with Crippen LogP contribution >= 0.6 is 11.3 Å². The van der Waals surface area contributed by atoms with Gasteiger partial charge in [0.25, 0.3) is 5.91 Å². The Bertz CT molecular complexity index is 433. The number of hydrogen-bond donors (Lipinski definition) is 2. The van der Waals surface area contributed by atoms with Crippen LogP contribution in [0.25, 0.3) is 0 Å². The van der Waals surface area contributed by atoms with Gasteiger partial charge in [0.05, 0.1) is 12.6 Å². The van der Waals surface area contributed by atoms with Crippen LogP contribution in [0.15, 0.2) is 16.8 Å². The number of aliphatic hydroxyl groups excluding tert-OH is 1. The standard InChI is InChI=1S/C13H18N2O3S/c16-8-11-2-1-6-15(11)12(17)3-5-14-13(18)10-4-7-19-9-10/h4,7,9,11,16H,1-3,5-6,8H2,(H,14,18)/t11-/m1/s1. The molecule has 2 rings (SSSR count). The maximum absolute atomic E-state index is 11.9. The SMILES string of the molecule is O=C(NCCC(=O)N1CCC[C@@H]1CO)c1ccsc1. The van der Waals surface area contributed by atoms with Crippen LogP contribution in [0.1, 0.15) is 29.6 Å². The van der Waals surface area contributed by atoms with Crippen molar-refractivity contribution in [1.29, 1.82) is 0 Å². The number of carbonyl (C=O) groups is 2. The van der Waals surface area contributed by atoms with E-state index in [0.717, 1.165) is 12.8 Å². The molecule has 1 aliphatic heterocycles. The van der Waals surface area contributed by atoms with Crippen molar-refractivity contribution in [3.05, 3.63) is 22.4 Å². The van der Waals surface area contributed by atoms with Crippen LogP contribution in [0.2, 0.25) is 0 Å². The largest absolute Gasteiger partial charge is 0.394 e. The van der Waals surface area contributed by atoms with E-state index >= 15 is 0 Å². The minimum absolute atomic E-state index is 0.00201. The lowest BCUT2D eigenvalue weighted by molar-refractivity contribution is -0.132. The Hall–Kier alpha value is -1.40. The van der Waals surface area contributed by atoms with Crippen LogP contribution in [0.5, 0.6) is 0 Å². The van der Waals surface area contributed by atoms with Gasteiger partial charge in [-0.1, -0.05) is 0 Å². The summed E-state index contributed by atoms with van der Waals surface area (Å²) in [5.74, 6) is -0.142. The third kappa shape index (κ3) is 3.54. The molecule has 2 heterocycles. The van der Waals surface area contributed by atoms with Crippen LogP contribution in [-0.4, -0.2) is 47.6 Å². The van der Waals surface area contributed by atoms with Crippen molar-refractivity contribution in [2.24, 2.45) is 0 Å². The van der Waals surface area contributed by atoms with Crippen molar-refractivity contribution in [1.82, 2.24) is 10.2 Å². The summed E-state index contributed by atoms with van der Waals surface area (Å²) in [5, 5.41) is 15.5. The molecule has 1 fully saturated rings. The third-order valence-corrected chi connectivity index (χ3v) is 4.00. The lowest BCUT2D eigenvalue weighted by Gasteiger charge is -2.23. The van der Waals surface area contributed by atoms with Gasteiger partial charge in [0.15, 0.2) is 0 Å². The van der Waals surface area contributed by atoms with Crippen LogP contribution in [-0.2, 0) is 4.79 Å². The normalized spacial score (nSPS) is 18.6. The molecule has 2 amide bonds. The average molecular weight is 282 g/mol. The minimum atomic E-state index is -0.144. The maximum Gasteiger partial charge on any atom is 0.252 e. The first-order valence-electron chi connectivity index (χ1n) is 6.43. The van der Waals surface area contributed by atoms with Crippen LogP contribution in [0, 0.1) is 0 Å². The van der Waals surface area contributed by atoms with E-state index in [4.69, 9.17) is 5.11 Å². The van der Waals surface area contributed by atoms with Crippen molar-refractivity contribution in [3.8, 4) is 0 Å². The van der Waals surface area contributed by atoms with E-state index in [2.05, 4.69) is 5.32 Å². The predicted molar refractivity (Wildman–Crippen MR) is 73.1 cm³/mol. The highest BCUT2D eigenvalue weighted by Crippen LogP contribution is 2.17. The van der Waals surface area contributed by atoms with Gasteiger partial charge in [0, 0.05) is 30.5 Å². The Morgan fingerprint density at radius 1 is 1.53 bits per heavy atom. The van der Waals surface area contributed by atoms with Gasteiger partial charge < -0.3 is 15.3 Å².